The zero-order valence-electron chi connectivity index (χ0n) is 8.46. The summed E-state index contributed by atoms with van der Waals surface area (Å²) in [6.45, 7) is 3.98. The number of likely N-dealkylation sites (N-methyl/N-ethyl adjacent to an activating group) is 1. The van der Waals surface area contributed by atoms with Crippen molar-refractivity contribution < 1.29 is 4.74 Å². The van der Waals surface area contributed by atoms with E-state index in [1.54, 1.807) is 0 Å². The van der Waals surface area contributed by atoms with Crippen LogP contribution < -0.4 is 4.90 Å². The van der Waals surface area contributed by atoms with Crippen LogP contribution in [0.5, 0.6) is 0 Å². The molecule has 0 spiro atoms. The van der Waals surface area contributed by atoms with Crippen LogP contribution in [0.1, 0.15) is 6.92 Å². The Balaban J connectivity index is 2.03. The molecule has 0 saturated carbocycles. The Morgan fingerprint density at radius 2 is 2.00 bits per heavy atom. The van der Waals surface area contributed by atoms with E-state index in [1.165, 1.54) is 5.69 Å². The van der Waals surface area contributed by atoms with E-state index in [9.17, 15) is 0 Å². The van der Waals surface area contributed by atoms with Crippen molar-refractivity contribution in [3.8, 4) is 0 Å². The van der Waals surface area contributed by atoms with Crippen molar-refractivity contribution in [1.82, 2.24) is 0 Å². The van der Waals surface area contributed by atoms with Crippen molar-refractivity contribution in [3.05, 3.63) is 28.7 Å². The number of ether oxygens (including phenoxy) is 1. The molecule has 3 heteroatoms. The lowest BCUT2D eigenvalue weighted by atomic mass is 10.2. The van der Waals surface area contributed by atoms with Gasteiger partial charge in [-0.05, 0) is 31.2 Å². The van der Waals surface area contributed by atoms with E-state index in [-0.39, 0.29) is 5.60 Å². The monoisotopic (exact) mass is 255 g/mol. The van der Waals surface area contributed by atoms with E-state index >= 15 is 0 Å². The summed E-state index contributed by atoms with van der Waals surface area (Å²) in [5, 5.41) is 0. The molecule has 2 nitrogen and oxygen atoms in total. The number of hydrogen-bond acceptors (Lipinski definition) is 2. The largest absolute Gasteiger partial charge is 0.372 e. The molecule has 0 aliphatic carbocycles. The number of rotatable bonds is 3. The van der Waals surface area contributed by atoms with Gasteiger partial charge in [0, 0.05) is 23.8 Å². The van der Waals surface area contributed by atoms with Gasteiger partial charge in [-0.2, -0.15) is 0 Å². The van der Waals surface area contributed by atoms with Crippen molar-refractivity contribution in [1.29, 1.82) is 0 Å². The maximum Gasteiger partial charge on any atom is 0.106 e. The van der Waals surface area contributed by atoms with Crippen LogP contribution in [0, 0.1) is 0 Å². The van der Waals surface area contributed by atoms with Crippen molar-refractivity contribution in [3.63, 3.8) is 0 Å². The summed E-state index contributed by atoms with van der Waals surface area (Å²) < 4.78 is 6.48. The van der Waals surface area contributed by atoms with Crippen molar-refractivity contribution in [2.75, 3.05) is 25.1 Å². The Hall–Kier alpha value is -0.540. The molecule has 1 saturated heterocycles. The molecule has 1 atom stereocenters. The van der Waals surface area contributed by atoms with Crippen LogP contribution in [-0.4, -0.2) is 25.8 Å². The van der Waals surface area contributed by atoms with Crippen LogP contribution in [0.25, 0.3) is 0 Å². The molecule has 76 valence electrons. The average molecular weight is 256 g/mol. The average Bonchev–Trinajstić information content (AvgIpc) is 2.84. The van der Waals surface area contributed by atoms with Gasteiger partial charge in [-0.1, -0.05) is 15.9 Å². The van der Waals surface area contributed by atoms with Gasteiger partial charge in [0.15, 0.2) is 0 Å². The number of hydrogen-bond donors (Lipinski definition) is 0. The van der Waals surface area contributed by atoms with Gasteiger partial charge in [0.25, 0.3) is 0 Å². The van der Waals surface area contributed by atoms with E-state index in [0.717, 1.165) is 17.6 Å². The molecular weight excluding hydrogens is 242 g/mol. The zero-order valence-corrected chi connectivity index (χ0v) is 10.0. The minimum absolute atomic E-state index is 0.0851. The fraction of sp³-hybridized carbons (Fsp3) is 0.455. The van der Waals surface area contributed by atoms with Gasteiger partial charge in [0.1, 0.15) is 5.60 Å². The molecule has 1 aromatic carbocycles. The molecule has 1 aliphatic heterocycles. The first-order valence-electron chi connectivity index (χ1n) is 4.70. The molecule has 1 fully saturated rings. The van der Waals surface area contributed by atoms with Crippen molar-refractivity contribution in [2.45, 2.75) is 12.5 Å². The van der Waals surface area contributed by atoms with Gasteiger partial charge < -0.3 is 9.64 Å². The Morgan fingerprint density at radius 3 is 2.50 bits per heavy atom. The second kappa shape index (κ2) is 3.55. The predicted molar refractivity (Wildman–Crippen MR) is 61.8 cm³/mol. The van der Waals surface area contributed by atoms with Crippen LogP contribution in [0.15, 0.2) is 28.7 Å². The topological polar surface area (TPSA) is 15.8 Å². The van der Waals surface area contributed by atoms with Gasteiger partial charge in [-0.3, -0.25) is 0 Å². The molecule has 1 aliphatic rings. The molecule has 0 bridgehead atoms. The molecule has 1 aromatic rings. The Kier molecular flexibility index (Phi) is 2.54. The Bertz CT molecular complexity index is 319. The highest BCUT2D eigenvalue weighted by molar-refractivity contribution is 9.10. The van der Waals surface area contributed by atoms with Crippen LogP contribution in [0.2, 0.25) is 0 Å². The number of epoxide rings is 1. The molecular formula is C11H14BrNO. The summed E-state index contributed by atoms with van der Waals surface area (Å²) in [7, 11) is 2.09. The first kappa shape index (κ1) is 9.99. The van der Waals surface area contributed by atoms with Crippen LogP contribution in [0.3, 0.4) is 0 Å². The smallest absolute Gasteiger partial charge is 0.106 e. The third-order valence-corrected chi connectivity index (χ3v) is 3.00. The highest BCUT2D eigenvalue weighted by atomic mass is 79.9. The van der Waals surface area contributed by atoms with Crippen LogP contribution in [-0.2, 0) is 4.74 Å². The second-order valence-corrected chi connectivity index (χ2v) is 4.99. The first-order chi connectivity index (χ1) is 6.59. The fourth-order valence-electron chi connectivity index (χ4n) is 1.50. The molecule has 0 N–H and O–H groups in total. The summed E-state index contributed by atoms with van der Waals surface area (Å²) in [5.74, 6) is 0. The third-order valence-electron chi connectivity index (χ3n) is 2.48. The fourth-order valence-corrected chi connectivity index (χ4v) is 1.77. The summed E-state index contributed by atoms with van der Waals surface area (Å²) in [6, 6.07) is 8.33. The standard InChI is InChI=1S/C11H14BrNO/c1-11(8-14-11)7-13(2)10-5-3-9(12)4-6-10/h3-6H,7-8H2,1-2H3. The zero-order chi connectivity index (χ0) is 10.2. The number of nitrogens with zero attached hydrogens (tertiary/aromatic N) is 1. The first-order valence-corrected chi connectivity index (χ1v) is 5.49. The van der Waals surface area contributed by atoms with Gasteiger partial charge in [-0.15, -0.1) is 0 Å². The van der Waals surface area contributed by atoms with Gasteiger partial charge in [0.05, 0.1) is 6.61 Å². The Labute approximate surface area is 93.0 Å². The van der Waals surface area contributed by atoms with Crippen LogP contribution in [0.4, 0.5) is 5.69 Å². The van der Waals surface area contributed by atoms with E-state index in [0.29, 0.717) is 0 Å². The number of benzene rings is 1. The summed E-state index contributed by atoms with van der Waals surface area (Å²) in [4.78, 5) is 2.22. The van der Waals surface area contributed by atoms with E-state index in [4.69, 9.17) is 4.74 Å². The quantitative estimate of drug-likeness (QED) is 0.773. The maximum atomic E-state index is 5.36. The highest BCUT2D eigenvalue weighted by Gasteiger charge is 2.40. The minimum Gasteiger partial charge on any atom is -0.372 e. The van der Waals surface area contributed by atoms with Crippen molar-refractivity contribution in [2.24, 2.45) is 0 Å². The predicted octanol–water partition coefficient (Wildman–Crippen LogP) is 2.67. The Morgan fingerprint density at radius 1 is 1.43 bits per heavy atom. The number of halogens is 1. The van der Waals surface area contributed by atoms with Crippen LogP contribution >= 0.6 is 15.9 Å². The van der Waals surface area contributed by atoms with Gasteiger partial charge >= 0.3 is 0 Å². The maximum absolute atomic E-state index is 5.36. The summed E-state index contributed by atoms with van der Waals surface area (Å²) >= 11 is 3.43. The molecule has 2 rings (SSSR count). The molecule has 0 aromatic heterocycles. The highest BCUT2D eigenvalue weighted by Crippen LogP contribution is 2.28. The molecule has 0 radical (unpaired) electrons. The van der Waals surface area contributed by atoms with Gasteiger partial charge in [-0.25, -0.2) is 0 Å². The van der Waals surface area contributed by atoms with Crippen molar-refractivity contribution >= 4 is 21.6 Å². The van der Waals surface area contributed by atoms with Gasteiger partial charge in [0.2, 0.25) is 0 Å². The minimum atomic E-state index is 0.0851. The lowest BCUT2D eigenvalue weighted by Gasteiger charge is -2.21. The SMILES string of the molecule is CN(CC1(C)CO1)c1ccc(Br)cc1. The second-order valence-electron chi connectivity index (χ2n) is 4.07. The number of anilines is 1. The molecule has 0 amide bonds. The van der Waals surface area contributed by atoms with E-state index in [1.807, 2.05) is 0 Å². The lowest BCUT2D eigenvalue weighted by molar-refractivity contribution is 0.327. The summed E-state index contributed by atoms with van der Waals surface area (Å²) in [6.07, 6.45) is 0. The molecule has 1 unspecified atom stereocenters. The van der Waals surface area contributed by atoms with E-state index in [2.05, 4.69) is 59.1 Å². The third kappa shape index (κ3) is 2.28. The molecule has 14 heavy (non-hydrogen) atoms. The molecule has 1 heterocycles. The summed E-state index contributed by atoms with van der Waals surface area (Å²) in [5.41, 5.74) is 1.31. The lowest BCUT2D eigenvalue weighted by Crippen LogP contribution is -2.29. The van der Waals surface area contributed by atoms with E-state index < -0.39 is 0 Å². The normalized spacial score (nSPS) is 24.8.